The maximum absolute atomic E-state index is 12.4. The number of benzene rings is 1. The van der Waals surface area contributed by atoms with Gasteiger partial charge in [0.2, 0.25) is 5.76 Å². The molecule has 5 nitrogen and oxygen atoms in total. The van der Waals surface area contributed by atoms with Gasteiger partial charge in [-0.2, -0.15) is 0 Å². The van der Waals surface area contributed by atoms with Gasteiger partial charge in [0.05, 0.1) is 5.69 Å². The van der Waals surface area contributed by atoms with Crippen LogP contribution in [0.4, 0.5) is 0 Å². The molecule has 0 atom stereocenters. The number of nitrogens with one attached hydrogen (secondary N) is 2. The van der Waals surface area contributed by atoms with Crippen LogP contribution in [0.2, 0.25) is 5.02 Å². The number of aromatic nitrogens is 2. The summed E-state index contributed by atoms with van der Waals surface area (Å²) in [5.74, 6) is 1.49. The first-order valence-corrected chi connectivity index (χ1v) is 8.98. The Morgan fingerprint density at radius 2 is 2.28 bits per heavy atom. The number of oxazole rings is 1. The maximum atomic E-state index is 12.4. The van der Waals surface area contributed by atoms with Crippen molar-refractivity contribution in [3.8, 4) is 0 Å². The third kappa shape index (κ3) is 3.56. The number of carbonyl (C=O) groups is 1. The second-order valence-electron chi connectivity index (χ2n) is 6.68. The number of carbonyl (C=O) groups excluding carboxylic acids is 1. The number of hydrogen-bond acceptors (Lipinski definition) is 3. The molecule has 0 bridgehead atoms. The Bertz CT molecular complexity index is 924. The Labute approximate surface area is 150 Å². The van der Waals surface area contributed by atoms with Gasteiger partial charge in [-0.15, -0.1) is 0 Å². The van der Waals surface area contributed by atoms with E-state index in [9.17, 15) is 4.79 Å². The van der Waals surface area contributed by atoms with E-state index >= 15 is 0 Å². The number of aryl methyl sites for hydroxylation is 1. The summed E-state index contributed by atoms with van der Waals surface area (Å²) in [4.78, 5) is 19.9. The molecule has 2 aromatic heterocycles. The van der Waals surface area contributed by atoms with E-state index < -0.39 is 0 Å². The molecule has 1 aliphatic carbocycles. The Morgan fingerprint density at radius 3 is 3.08 bits per heavy atom. The Balaban J connectivity index is 1.38. The fourth-order valence-corrected chi connectivity index (χ4v) is 3.24. The van der Waals surface area contributed by atoms with Gasteiger partial charge in [0.15, 0.2) is 5.89 Å². The highest BCUT2D eigenvalue weighted by Crippen LogP contribution is 2.32. The number of fused-ring (bicyclic) bond motifs is 1. The van der Waals surface area contributed by atoms with Crippen LogP contribution in [0.1, 0.15) is 40.5 Å². The van der Waals surface area contributed by atoms with E-state index in [4.69, 9.17) is 16.0 Å². The molecule has 6 heteroatoms. The molecule has 0 saturated heterocycles. The van der Waals surface area contributed by atoms with E-state index in [1.807, 2.05) is 31.3 Å². The van der Waals surface area contributed by atoms with Crippen molar-refractivity contribution >= 4 is 28.4 Å². The third-order valence-electron chi connectivity index (χ3n) is 4.62. The third-order valence-corrected chi connectivity index (χ3v) is 4.85. The summed E-state index contributed by atoms with van der Waals surface area (Å²) < 4.78 is 5.65. The number of nitrogens with zero attached hydrogens (tertiary/aromatic N) is 1. The summed E-state index contributed by atoms with van der Waals surface area (Å²) in [5, 5.41) is 4.71. The molecule has 1 saturated carbocycles. The molecule has 1 aliphatic rings. The average molecular weight is 358 g/mol. The first-order valence-electron chi connectivity index (χ1n) is 8.60. The minimum Gasteiger partial charge on any atom is -0.435 e. The van der Waals surface area contributed by atoms with Crippen molar-refractivity contribution in [1.82, 2.24) is 15.3 Å². The molecule has 2 heterocycles. The van der Waals surface area contributed by atoms with Gasteiger partial charge in [-0.05, 0) is 55.9 Å². The summed E-state index contributed by atoms with van der Waals surface area (Å²) in [5.41, 5.74) is 2.83. The van der Waals surface area contributed by atoms with Crippen molar-refractivity contribution in [3.63, 3.8) is 0 Å². The monoisotopic (exact) mass is 357 g/mol. The molecule has 1 fully saturated rings. The van der Waals surface area contributed by atoms with E-state index in [1.165, 1.54) is 12.8 Å². The van der Waals surface area contributed by atoms with E-state index in [-0.39, 0.29) is 5.91 Å². The smallest absolute Gasteiger partial charge is 0.289 e. The zero-order valence-corrected chi connectivity index (χ0v) is 14.8. The molecule has 130 valence electrons. The van der Waals surface area contributed by atoms with Crippen LogP contribution in [0, 0.1) is 12.8 Å². The Hall–Kier alpha value is -2.27. The molecule has 25 heavy (non-hydrogen) atoms. The summed E-state index contributed by atoms with van der Waals surface area (Å²) in [6.07, 6.45) is 5.98. The minimum atomic E-state index is -0.204. The van der Waals surface area contributed by atoms with E-state index in [2.05, 4.69) is 15.3 Å². The first-order chi connectivity index (χ1) is 12.1. The van der Waals surface area contributed by atoms with E-state index in [0.29, 0.717) is 41.3 Å². The second kappa shape index (κ2) is 6.56. The highest BCUT2D eigenvalue weighted by molar-refractivity contribution is 6.31. The zero-order chi connectivity index (χ0) is 17.4. The number of amides is 1. The SMILES string of the molecule is Cc1nc(CC2CC2)oc1C(=O)NCCc1c[nH]c2ccc(Cl)cc12. The molecule has 0 unspecified atom stereocenters. The number of hydrogen-bond donors (Lipinski definition) is 2. The standard InChI is InChI=1S/C19H20ClN3O2/c1-11-18(25-17(23-11)8-12-2-3-12)19(24)21-7-6-13-10-22-16-5-4-14(20)9-15(13)16/h4-5,9-10,12,22H,2-3,6-8H2,1H3,(H,21,24). The molecule has 4 rings (SSSR count). The second-order valence-corrected chi connectivity index (χ2v) is 7.12. The number of rotatable bonds is 6. The molecular weight excluding hydrogens is 338 g/mol. The molecular formula is C19H20ClN3O2. The number of halogens is 1. The van der Waals surface area contributed by atoms with E-state index in [1.54, 1.807) is 0 Å². The molecule has 1 aromatic carbocycles. The highest BCUT2D eigenvalue weighted by atomic mass is 35.5. The van der Waals surface area contributed by atoms with Crippen LogP contribution in [-0.2, 0) is 12.8 Å². The molecule has 0 radical (unpaired) electrons. The van der Waals surface area contributed by atoms with Gasteiger partial charge in [-0.25, -0.2) is 4.98 Å². The van der Waals surface area contributed by atoms with Crippen molar-refractivity contribution in [2.75, 3.05) is 6.54 Å². The average Bonchev–Trinajstić information content (AvgIpc) is 3.19. The van der Waals surface area contributed by atoms with Crippen molar-refractivity contribution < 1.29 is 9.21 Å². The van der Waals surface area contributed by atoms with Crippen LogP contribution in [0.25, 0.3) is 10.9 Å². The minimum absolute atomic E-state index is 0.204. The van der Waals surface area contributed by atoms with Crippen molar-refractivity contribution in [2.24, 2.45) is 5.92 Å². The Morgan fingerprint density at radius 1 is 1.44 bits per heavy atom. The van der Waals surface area contributed by atoms with Crippen molar-refractivity contribution in [2.45, 2.75) is 32.6 Å². The summed E-state index contributed by atoms with van der Waals surface area (Å²) in [6.45, 7) is 2.34. The highest BCUT2D eigenvalue weighted by Gasteiger charge is 2.25. The molecule has 2 N–H and O–H groups in total. The predicted molar refractivity (Wildman–Crippen MR) is 97.0 cm³/mol. The molecule has 3 aromatic rings. The van der Waals surface area contributed by atoms with Gasteiger partial charge in [-0.3, -0.25) is 4.79 Å². The van der Waals surface area contributed by atoms with E-state index in [0.717, 1.165) is 22.9 Å². The molecule has 1 amide bonds. The lowest BCUT2D eigenvalue weighted by molar-refractivity contribution is 0.0923. The van der Waals surface area contributed by atoms with Gasteiger partial charge >= 0.3 is 0 Å². The Kier molecular flexibility index (Phi) is 4.25. The first kappa shape index (κ1) is 16.2. The lowest BCUT2D eigenvalue weighted by Gasteiger charge is -2.03. The lowest BCUT2D eigenvalue weighted by Crippen LogP contribution is -2.25. The van der Waals surface area contributed by atoms with Gasteiger partial charge in [-0.1, -0.05) is 11.6 Å². The number of H-pyrrole nitrogens is 1. The van der Waals surface area contributed by atoms with Crippen LogP contribution in [0.15, 0.2) is 28.8 Å². The van der Waals surface area contributed by atoms with Crippen LogP contribution < -0.4 is 5.32 Å². The quantitative estimate of drug-likeness (QED) is 0.699. The van der Waals surface area contributed by atoms with Crippen LogP contribution in [-0.4, -0.2) is 22.4 Å². The van der Waals surface area contributed by atoms with Gasteiger partial charge in [0.25, 0.3) is 5.91 Å². The van der Waals surface area contributed by atoms with Crippen molar-refractivity contribution in [1.29, 1.82) is 0 Å². The van der Waals surface area contributed by atoms with Gasteiger partial charge < -0.3 is 14.7 Å². The van der Waals surface area contributed by atoms with Crippen LogP contribution >= 0.6 is 11.6 Å². The molecule has 0 spiro atoms. The summed E-state index contributed by atoms with van der Waals surface area (Å²) >= 11 is 6.07. The lowest BCUT2D eigenvalue weighted by atomic mass is 10.1. The number of aromatic amines is 1. The molecule has 0 aliphatic heterocycles. The van der Waals surface area contributed by atoms with Crippen LogP contribution in [0.3, 0.4) is 0 Å². The fraction of sp³-hybridized carbons (Fsp3) is 0.368. The van der Waals surface area contributed by atoms with Gasteiger partial charge in [0.1, 0.15) is 0 Å². The predicted octanol–water partition coefficient (Wildman–Crippen LogP) is 4.04. The van der Waals surface area contributed by atoms with Gasteiger partial charge in [0, 0.05) is 35.1 Å². The summed E-state index contributed by atoms with van der Waals surface area (Å²) in [6, 6.07) is 5.76. The van der Waals surface area contributed by atoms with Crippen LogP contribution in [0.5, 0.6) is 0 Å². The van der Waals surface area contributed by atoms with Crippen molar-refractivity contribution in [3.05, 3.63) is 52.3 Å². The largest absolute Gasteiger partial charge is 0.435 e. The maximum Gasteiger partial charge on any atom is 0.289 e. The normalized spacial score (nSPS) is 14.2. The fourth-order valence-electron chi connectivity index (χ4n) is 3.07. The summed E-state index contributed by atoms with van der Waals surface area (Å²) in [7, 11) is 0. The topological polar surface area (TPSA) is 70.9 Å². The zero-order valence-electron chi connectivity index (χ0n) is 14.1.